The van der Waals surface area contributed by atoms with Gasteiger partial charge in [-0.3, -0.25) is 14.5 Å². The minimum atomic E-state index is -0.0858. The van der Waals surface area contributed by atoms with E-state index in [0.29, 0.717) is 18.8 Å². The van der Waals surface area contributed by atoms with Crippen molar-refractivity contribution in [2.24, 2.45) is 0 Å². The molecule has 1 N–H and O–H groups in total. The van der Waals surface area contributed by atoms with E-state index in [9.17, 15) is 9.59 Å². The summed E-state index contributed by atoms with van der Waals surface area (Å²) in [7, 11) is 0. The first-order chi connectivity index (χ1) is 16.2. The zero-order valence-electron chi connectivity index (χ0n) is 18.6. The molecule has 4 rings (SSSR count). The number of hydrogen-bond donors (Lipinski definition) is 1. The van der Waals surface area contributed by atoms with Crippen molar-refractivity contribution in [1.82, 2.24) is 9.80 Å². The fourth-order valence-corrected chi connectivity index (χ4v) is 4.87. The maximum absolute atomic E-state index is 12.7. The Kier molecular flexibility index (Phi) is 8.17. The highest BCUT2D eigenvalue weighted by molar-refractivity contribution is 8.00. The quantitative estimate of drug-likeness (QED) is 0.546. The second-order valence-electron chi connectivity index (χ2n) is 8.05. The first kappa shape index (κ1) is 23.1. The molecule has 170 valence electrons. The highest BCUT2D eigenvalue weighted by Crippen LogP contribution is 2.29. The standard InChI is InChI=1S/C27H29N3O2S/c31-25(28-24-14-8-3-9-15-24)20-33-21-26(32)29-16-18-30(19-17-29)27(22-10-4-1-5-11-22)23-12-6-2-7-13-23/h1-15,27H,16-21H2,(H,28,31). The Morgan fingerprint density at radius 1 is 0.727 bits per heavy atom. The zero-order valence-corrected chi connectivity index (χ0v) is 19.4. The molecule has 6 heteroatoms. The summed E-state index contributed by atoms with van der Waals surface area (Å²) in [6.45, 7) is 3.04. The predicted molar refractivity (Wildman–Crippen MR) is 135 cm³/mol. The van der Waals surface area contributed by atoms with E-state index in [2.05, 4.69) is 58.7 Å². The van der Waals surface area contributed by atoms with Crippen LogP contribution in [0.4, 0.5) is 5.69 Å². The number of nitrogens with zero attached hydrogens (tertiary/aromatic N) is 2. The van der Waals surface area contributed by atoms with Crippen LogP contribution in [0.15, 0.2) is 91.0 Å². The predicted octanol–water partition coefficient (Wildman–Crippen LogP) is 4.29. The Hall–Kier alpha value is -3.09. The number of nitrogens with one attached hydrogen (secondary N) is 1. The Labute approximate surface area is 199 Å². The SMILES string of the molecule is O=C(CSCC(=O)N1CCN(C(c2ccccc2)c2ccccc2)CC1)Nc1ccccc1. The van der Waals surface area contributed by atoms with Crippen LogP contribution in [-0.4, -0.2) is 59.3 Å². The zero-order chi connectivity index (χ0) is 22.9. The van der Waals surface area contributed by atoms with Crippen LogP contribution >= 0.6 is 11.8 Å². The van der Waals surface area contributed by atoms with Gasteiger partial charge in [-0.15, -0.1) is 11.8 Å². The lowest BCUT2D eigenvalue weighted by molar-refractivity contribution is -0.130. The van der Waals surface area contributed by atoms with E-state index in [1.54, 1.807) is 0 Å². The van der Waals surface area contributed by atoms with Gasteiger partial charge in [0, 0.05) is 31.9 Å². The monoisotopic (exact) mass is 459 g/mol. The first-order valence-electron chi connectivity index (χ1n) is 11.2. The van der Waals surface area contributed by atoms with E-state index in [-0.39, 0.29) is 23.6 Å². The summed E-state index contributed by atoms with van der Waals surface area (Å²) < 4.78 is 0. The van der Waals surface area contributed by atoms with Crippen molar-refractivity contribution in [3.8, 4) is 0 Å². The van der Waals surface area contributed by atoms with Gasteiger partial charge in [0.1, 0.15) is 0 Å². The fraction of sp³-hybridized carbons (Fsp3) is 0.259. The van der Waals surface area contributed by atoms with Crippen LogP contribution in [0.2, 0.25) is 0 Å². The van der Waals surface area contributed by atoms with Gasteiger partial charge < -0.3 is 10.2 Å². The van der Waals surface area contributed by atoms with Gasteiger partial charge in [0.15, 0.2) is 0 Å². The highest BCUT2D eigenvalue weighted by Gasteiger charge is 2.28. The Morgan fingerprint density at radius 2 is 1.24 bits per heavy atom. The molecule has 1 heterocycles. The van der Waals surface area contributed by atoms with Crippen LogP contribution in [0.3, 0.4) is 0 Å². The molecule has 1 saturated heterocycles. The van der Waals surface area contributed by atoms with Crippen molar-refractivity contribution in [1.29, 1.82) is 0 Å². The summed E-state index contributed by atoms with van der Waals surface area (Å²) in [5.41, 5.74) is 3.31. The summed E-state index contributed by atoms with van der Waals surface area (Å²) in [5.74, 6) is 0.605. The van der Waals surface area contributed by atoms with Gasteiger partial charge in [-0.1, -0.05) is 78.9 Å². The van der Waals surface area contributed by atoms with Gasteiger partial charge in [0.05, 0.1) is 17.5 Å². The molecule has 0 atom stereocenters. The van der Waals surface area contributed by atoms with Crippen LogP contribution in [0, 0.1) is 0 Å². The summed E-state index contributed by atoms with van der Waals surface area (Å²) in [4.78, 5) is 29.2. The maximum atomic E-state index is 12.7. The Bertz CT molecular complexity index is 984. The molecule has 0 aromatic heterocycles. The van der Waals surface area contributed by atoms with E-state index in [0.717, 1.165) is 18.8 Å². The number of para-hydroxylation sites is 1. The van der Waals surface area contributed by atoms with Crippen molar-refractivity contribution in [3.63, 3.8) is 0 Å². The minimum Gasteiger partial charge on any atom is -0.339 e. The van der Waals surface area contributed by atoms with Gasteiger partial charge in [0.2, 0.25) is 11.8 Å². The number of benzene rings is 3. The van der Waals surface area contributed by atoms with Crippen molar-refractivity contribution >= 4 is 29.3 Å². The maximum Gasteiger partial charge on any atom is 0.234 e. The smallest absolute Gasteiger partial charge is 0.234 e. The number of thioether (sulfide) groups is 1. The molecule has 0 unspecified atom stereocenters. The molecule has 2 amide bonds. The van der Waals surface area contributed by atoms with E-state index in [1.165, 1.54) is 22.9 Å². The van der Waals surface area contributed by atoms with Gasteiger partial charge in [0.25, 0.3) is 0 Å². The number of carbonyl (C=O) groups excluding carboxylic acids is 2. The lowest BCUT2D eigenvalue weighted by Crippen LogP contribution is -2.50. The lowest BCUT2D eigenvalue weighted by Gasteiger charge is -2.39. The van der Waals surface area contributed by atoms with Crippen molar-refractivity contribution in [2.75, 3.05) is 43.0 Å². The van der Waals surface area contributed by atoms with Gasteiger partial charge >= 0.3 is 0 Å². The molecule has 1 aliphatic heterocycles. The van der Waals surface area contributed by atoms with Gasteiger partial charge in [-0.05, 0) is 23.3 Å². The lowest BCUT2D eigenvalue weighted by atomic mass is 9.96. The van der Waals surface area contributed by atoms with Gasteiger partial charge in [-0.25, -0.2) is 0 Å². The molecule has 0 saturated carbocycles. The molecular weight excluding hydrogens is 430 g/mol. The average Bonchev–Trinajstić information content (AvgIpc) is 2.86. The summed E-state index contributed by atoms with van der Waals surface area (Å²) in [6.07, 6.45) is 0. The number of carbonyl (C=O) groups is 2. The number of amides is 2. The molecule has 1 fully saturated rings. The first-order valence-corrected chi connectivity index (χ1v) is 12.4. The summed E-state index contributed by atoms with van der Waals surface area (Å²) in [6, 6.07) is 30.6. The van der Waals surface area contributed by atoms with Crippen molar-refractivity contribution in [3.05, 3.63) is 102 Å². The average molecular weight is 460 g/mol. The normalized spacial score (nSPS) is 14.3. The van der Waals surface area contributed by atoms with Gasteiger partial charge in [-0.2, -0.15) is 0 Å². The van der Waals surface area contributed by atoms with E-state index >= 15 is 0 Å². The van der Waals surface area contributed by atoms with E-state index in [1.807, 2.05) is 47.4 Å². The Morgan fingerprint density at radius 3 is 1.79 bits per heavy atom. The second kappa shape index (κ2) is 11.7. The van der Waals surface area contributed by atoms with Crippen LogP contribution in [0.1, 0.15) is 17.2 Å². The minimum absolute atomic E-state index is 0.0858. The number of hydrogen-bond acceptors (Lipinski definition) is 4. The third-order valence-corrected chi connectivity index (χ3v) is 6.70. The largest absolute Gasteiger partial charge is 0.339 e. The number of rotatable bonds is 8. The topological polar surface area (TPSA) is 52.7 Å². The molecule has 5 nitrogen and oxygen atoms in total. The number of piperazine rings is 1. The summed E-state index contributed by atoms with van der Waals surface area (Å²) >= 11 is 1.37. The van der Waals surface area contributed by atoms with E-state index in [4.69, 9.17) is 0 Å². The van der Waals surface area contributed by atoms with Crippen LogP contribution in [0.5, 0.6) is 0 Å². The van der Waals surface area contributed by atoms with Crippen LogP contribution < -0.4 is 5.32 Å². The summed E-state index contributed by atoms with van der Waals surface area (Å²) in [5, 5.41) is 2.85. The fourth-order valence-electron chi connectivity index (χ4n) is 4.16. The molecule has 0 bridgehead atoms. The molecular formula is C27H29N3O2S. The molecule has 0 spiro atoms. The Balaban J connectivity index is 1.27. The van der Waals surface area contributed by atoms with Crippen LogP contribution in [-0.2, 0) is 9.59 Å². The van der Waals surface area contributed by atoms with Crippen LogP contribution in [0.25, 0.3) is 0 Å². The van der Waals surface area contributed by atoms with E-state index < -0.39 is 0 Å². The third kappa shape index (κ3) is 6.46. The third-order valence-electron chi connectivity index (χ3n) is 5.78. The molecule has 0 radical (unpaired) electrons. The molecule has 33 heavy (non-hydrogen) atoms. The molecule has 3 aromatic carbocycles. The molecule has 3 aromatic rings. The molecule has 1 aliphatic rings. The highest BCUT2D eigenvalue weighted by atomic mass is 32.2. The molecule has 0 aliphatic carbocycles. The number of anilines is 1. The second-order valence-corrected chi connectivity index (χ2v) is 9.03. The van der Waals surface area contributed by atoms with Crippen molar-refractivity contribution in [2.45, 2.75) is 6.04 Å². The van der Waals surface area contributed by atoms with Crippen molar-refractivity contribution < 1.29 is 9.59 Å².